The number of carbonyl (C=O) groups excluding carboxylic acids is 1. The van der Waals surface area contributed by atoms with Crippen molar-refractivity contribution < 1.29 is 9.53 Å². The van der Waals surface area contributed by atoms with Gasteiger partial charge in [0.15, 0.2) is 0 Å². The van der Waals surface area contributed by atoms with E-state index >= 15 is 0 Å². The Bertz CT molecular complexity index is 473. The number of rotatable bonds is 1. The Hall–Kier alpha value is -1.21. The molecular weight excluding hydrogens is 276 g/mol. The SMILES string of the molecule is CC1CN(C(=O)Nc2nnc(C(C)(C)C)s2)CC(C)O1. The number of urea groups is 1. The summed E-state index contributed by atoms with van der Waals surface area (Å²) in [7, 11) is 0. The summed E-state index contributed by atoms with van der Waals surface area (Å²) < 4.78 is 5.62. The van der Waals surface area contributed by atoms with Crippen LogP contribution < -0.4 is 5.32 Å². The first-order valence-electron chi connectivity index (χ1n) is 6.81. The second kappa shape index (κ2) is 5.65. The predicted molar refractivity (Wildman–Crippen MR) is 79.2 cm³/mol. The van der Waals surface area contributed by atoms with E-state index in [2.05, 4.69) is 36.3 Å². The molecule has 2 heterocycles. The zero-order chi connectivity index (χ0) is 14.9. The molecule has 1 aliphatic heterocycles. The predicted octanol–water partition coefficient (Wildman–Crippen LogP) is 2.48. The van der Waals surface area contributed by atoms with Crippen molar-refractivity contribution in [2.24, 2.45) is 0 Å². The number of carbonyl (C=O) groups is 1. The topological polar surface area (TPSA) is 67.4 Å². The third-order valence-corrected chi connectivity index (χ3v) is 4.25. The van der Waals surface area contributed by atoms with Crippen LogP contribution in [-0.2, 0) is 10.2 Å². The van der Waals surface area contributed by atoms with E-state index in [0.717, 1.165) is 5.01 Å². The Kier molecular flexibility index (Phi) is 4.29. The van der Waals surface area contributed by atoms with Gasteiger partial charge < -0.3 is 9.64 Å². The Balaban J connectivity index is 1.99. The average molecular weight is 298 g/mol. The molecule has 112 valence electrons. The number of morpholine rings is 1. The molecule has 2 rings (SSSR count). The van der Waals surface area contributed by atoms with E-state index < -0.39 is 0 Å². The van der Waals surface area contributed by atoms with E-state index in [1.807, 2.05) is 13.8 Å². The monoisotopic (exact) mass is 298 g/mol. The van der Waals surface area contributed by atoms with Crippen molar-refractivity contribution in [1.29, 1.82) is 0 Å². The summed E-state index contributed by atoms with van der Waals surface area (Å²) in [6.45, 7) is 11.4. The molecule has 1 N–H and O–H groups in total. The first-order valence-corrected chi connectivity index (χ1v) is 7.62. The molecule has 1 aromatic heterocycles. The van der Waals surface area contributed by atoms with Crippen molar-refractivity contribution in [2.45, 2.75) is 52.2 Å². The number of nitrogens with one attached hydrogen (secondary N) is 1. The highest BCUT2D eigenvalue weighted by molar-refractivity contribution is 7.15. The van der Waals surface area contributed by atoms with Crippen LogP contribution in [0.15, 0.2) is 0 Å². The molecule has 0 bridgehead atoms. The summed E-state index contributed by atoms with van der Waals surface area (Å²) in [6, 6.07) is -0.136. The van der Waals surface area contributed by atoms with Gasteiger partial charge in [0.2, 0.25) is 5.13 Å². The van der Waals surface area contributed by atoms with E-state index in [4.69, 9.17) is 4.74 Å². The first kappa shape index (κ1) is 15.2. The van der Waals surface area contributed by atoms with E-state index in [0.29, 0.717) is 18.2 Å². The maximum atomic E-state index is 12.2. The lowest BCUT2D eigenvalue weighted by atomic mass is 9.98. The lowest BCUT2D eigenvalue weighted by Gasteiger charge is -2.34. The molecule has 2 atom stereocenters. The molecule has 2 amide bonds. The third kappa shape index (κ3) is 3.67. The average Bonchev–Trinajstić information content (AvgIpc) is 2.75. The molecule has 1 fully saturated rings. The van der Waals surface area contributed by atoms with Crippen LogP contribution in [0.4, 0.5) is 9.93 Å². The number of aromatic nitrogens is 2. The van der Waals surface area contributed by atoms with Gasteiger partial charge in [-0.2, -0.15) is 0 Å². The lowest BCUT2D eigenvalue weighted by Crippen LogP contribution is -2.49. The Morgan fingerprint density at radius 1 is 1.30 bits per heavy atom. The zero-order valence-corrected chi connectivity index (χ0v) is 13.5. The van der Waals surface area contributed by atoms with Gasteiger partial charge in [0.25, 0.3) is 0 Å². The molecule has 6 nitrogen and oxygen atoms in total. The molecule has 1 aromatic rings. The van der Waals surface area contributed by atoms with Crippen LogP contribution in [0.3, 0.4) is 0 Å². The van der Waals surface area contributed by atoms with Crippen molar-refractivity contribution in [2.75, 3.05) is 18.4 Å². The van der Waals surface area contributed by atoms with Crippen LogP contribution in [0.25, 0.3) is 0 Å². The van der Waals surface area contributed by atoms with Crippen LogP contribution in [0.5, 0.6) is 0 Å². The van der Waals surface area contributed by atoms with Crippen LogP contribution in [0.1, 0.15) is 39.6 Å². The zero-order valence-electron chi connectivity index (χ0n) is 12.6. The number of anilines is 1. The molecule has 7 heteroatoms. The van der Waals surface area contributed by atoms with Gasteiger partial charge in [-0.25, -0.2) is 4.79 Å². The van der Waals surface area contributed by atoms with Crippen molar-refractivity contribution >= 4 is 22.5 Å². The molecule has 0 spiro atoms. The van der Waals surface area contributed by atoms with E-state index in [9.17, 15) is 4.79 Å². The quantitative estimate of drug-likeness (QED) is 0.865. The second-order valence-electron chi connectivity index (χ2n) is 6.25. The van der Waals surface area contributed by atoms with Gasteiger partial charge in [0.1, 0.15) is 5.01 Å². The summed E-state index contributed by atoms with van der Waals surface area (Å²) in [6.07, 6.45) is 0.119. The highest BCUT2D eigenvalue weighted by atomic mass is 32.1. The minimum atomic E-state index is -0.136. The van der Waals surface area contributed by atoms with Crippen LogP contribution >= 0.6 is 11.3 Å². The minimum Gasteiger partial charge on any atom is -0.372 e. The fourth-order valence-electron chi connectivity index (χ4n) is 2.09. The fourth-order valence-corrected chi connectivity index (χ4v) is 2.88. The molecule has 0 aromatic carbocycles. The summed E-state index contributed by atoms with van der Waals surface area (Å²) in [5, 5.41) is 12.4. The largest absolute Gasteiger partial charge is 0.372 e. The summed E-state index contributed by atoms with van der Waals surface area (Å²) in [5.41, 5.74) is -0.0529. The third-order valence-electron chi connectivity index (χ3n) is 2.99. The van der Waals surface area contributed by atoms with Gasteiger partial charge in [0.05, 0.1) is 12.2 Å². The second-order valence-corrected chi connectivity index (χ2v) is 7.23. The summed E-state index contributed by atoms with van der Waals surface area (Å²) >= 11 is 1.42. The number of nitrogens with zero attached hydrogens (tertiary/aromatic N) is 3. The van der Waals surface area contributed by atoms with Gasteiger partial charge in [-0.05, 0) is 13.8 Å². The highest BCUT2D eigenvalue weighted by Crippen LogP contribution is 2.27. The maximum Gasteiger partial charge on any atom is 0.323 e. The lowest BCUT2D eigenvalue weighted by molar-refractivity contribution is -0.0530. The van der Waals surface area contributed by atoms with Crippen molar-refractivity contribution in [3.63, 3.8) is 0 Å². The number of amides is 2. The normalized spacial score (nSPS) is 23.8. The highest BCUT2D eigenvalue weighted by Gasteiger charge is 2.27. The summed E-state index contributed by atoms with van der Waals surface area (Å²) in [4.78, 5) is 14.0. The molecule has 0 saturated carbocycles. The fraction of sp³-hybridized carbons (Fsp3) is 0.769. The standard InChI is InChI=1S/C13H22N4O2S/c1-8-6-17(7-9(2)19-8)12(18)14-11-16-15-10(20-11)13(3,4)5/h8-9H,6-7H2,1-5H3,(H,14,16,18). The van der Waals surface area contributed by atoms with Crippen molar-refractivity contribution in [3.8, 4) is 0 Å². The van der Waals surface area contributed by atoms with Gasteiger partial charge >= 0.3 is 6.03 Å². The van der Waals surface area contributed by atoms with Crippen LogP contribution in [0.2, 0.25) is 0 Å². The minimum absolute atomic E-state index is 0.0529. The van der Waals surface area contributed by atoms with Crippen molar-refractivity contribution in [1.82, 2.24) is 15.1 Å². The molecule has 20 heavy (non-hydrogen) atoms. The Morgan fingerprint density at radius 3 is 2.40 bits per heavy atom. The molecule has 1 saturated heterocycles. The summed E-state index contributed by atoms with van der Waals surface area (Å²) in [5.74, 6) is 0. The smallest absolute Gasteiger partial charge is 0.323 e. The number of hydrogen-bond acceptors (Lipinski definition) is 5. The Morgan fingerprint density at radius 2 is 1.90 bits per heavy atom. The molecule has 0 aliphatic carbocycles. The van der Waals surface area contributed by atoms with E-state index in [-0.39, 0.29) is 23.7 Å². The van der Waals surface area contributed by atoms with Crippen LogP contribution in [0, 0.1) is 0 Å². The number of ether oxygens (including phenoxy) is 1. The van der Waals surface area contributed by atoms with Crippen molar-refractivity contribution in [3.05, 3.63) is 5.01 Å². The van der Waals surface area contributed by atoms with Gasteiger partial charge in [-0.3, -0.25) is 5.32 Å². The van der Waals surface area contributed by atoms with Gasteiger partial charge in [-0.15, -0.1) is 10.2 Å². The van der Waals surface area contributed by atoms with E-state index in [1.54, 1.807) is 4.90 Å². The van der Waals surface area contributed by atoms with Gasteiger partial charge in [-0.1, -0.05) is 32.1 Å². The molecular formula is C13H22N4O2S. The van der Waals surface area contributed by atoms with E-state index in [1.165, 1.54) is 11.3 Å². The molecule has 0 radical (unpaired) electrons. The Labute approximate surface area is 123 Å². The van der Waals surface area contributed by atoms with Crippen LogP contribution in [-0.4, -0.2) is 46.4 Å². The first-order chi connectivity index (χ1) is 9.25. The maximum absolute atomic E-state index is 12.2. The van der Waals surface area contributed by atoms with Gasteiger partial charge in [0, 0.05) is 18.5 Å². The molecule has 1 aliphatic rings. The number of hydrogen-bond donors (Lipinski definition) is 1. The molecule has 2 unspecified atom stereocenters.